The molecule has 0 radical (unpaired) electrons. The van der Waals surface area contributed by atoms with Gasteiger partial charge in [0.15, 0.2) is 10.3 Å². The van der Waals surface area contributed by atoms with Gasteiger partial charge in [0.2, 0.25) is 0 Å². The Balaban J connectivity index is 0.000000162. The lowest BCUT2D eigenvalue weighted by molar-refractivity contribution is 1.17. The third kappa shape index (κ3) is 4.38. The molecule has 2 heterocycles. The Hall–Kier alpha value is -0.970. The van der Waals surface area contributed by atoms with Crippen LogP contribution in [0.15, 0.2) is 31.1 Å². The molecule has 0 unspecified atom stereocenters. The van der Waals surface area contributed by atoms with E-state index in [2.05, 4.69) is 19.9 Å². The minimum Gasteiger partial charge on any atom is -0.245 e. The monoisotopic (exact) mass is 262 g/mol. The lowest BCUT2D eigenvalue weighted by atomic mass is 10.7. The Morgan fingerprint density at radius 1 is 0.800 bits per heavy atom. The highest BCUT2D eigenvalue weighted by atomic mass is 35.5. The number of halogens is 3. The molecule has 0 fully saturated rings. The topological polar surface area (TPSA) is 51.6 Å². The minimum absolute atomic E-state index is 0.177. The smallest absolute Gasteiger partial charge is 0.152 e. The molecule has 0 aliphatic heterocycles. The molecule has 2 aromatic rings. The van der Waals surface area contributed by atoms with Crippen LogP contribution in [0.1, 0.15) is 0 Å². The lowest BCUT2D eigenvalue weighted by Crippen LogP contribution is -1.80. The molecule has 0 amide bonds. The van der Waals surface area contributed by atoms with Crippen molar-refractivity contribution in [2.45, 2.75) is 0 Å². The Morgan fingerprint density at radius 3 is 1.60 bits per heavy atom. The summed E-state index contributed by atoms with van der Waals surface area (Å²) >= 11 is 16.4. The summed E-state index contributed by atoms with van der Waals surface area (Å²) in [5.41, 5.74) is 0. The van der Waals surface area contributed by atoms with Crippen LogP contribution in [0.3, 0.4) is 0 Å². The maximum Gasteiger partial charge on any atom is 0.152 e. The predicted molar refractivity (Wildman–Crippen MR) is 59.1 cm³/mol. The maximum absolute atomic E-state index is 5.49. The number of nitrogens with zero attached hydrogens (tertiary/aromatic N) is 4. The largest absolute Gasteiger partial charge is 0.245 e. The molecule has 4 nitrogen and oxygen atoms in total. The van der Waals surface area contributed by atoms with Crippen LogP contribution in [-0.4, -0.2) is 19.9 Å². The highest BCUT2D eigenvalue weighted by molar-refractivity contribution is 6.46. The van der Waals surface area contributed by atoms with Crippen LogP contribution in [0.2, 0.25) is 15.3 Å². The van der Waals surface area contributed by atoms with E-state index in [-0.39, 0.29) is 15.3 Å². The maximum atomic E-state index is 5.49. The number of hydrogen-bond donors (Lipinski definition) is 0. The minimum atomic E-state index is 0.177. The van der Waals surface area contributed by atoms with E-state index >= 15 is 0 Å². The van der Waals surface area contributed by atoms with Gasteiger partial charge in [-0.15, -0.1) is 0 Å². The summed E-state index contributed by atoms with van der Waals surface area (Å²) in [6.45, 7) is 0. The summed E-state index contributed by atoms with van der Waals surface area (Å²) in [6, 6.07) is 1.78. The van der Waals surface area contributed by atoms with E-state index in [1.165, 1.54) is 12.7 Å². The van der Waals surface area contributed by atoms with Gasteiger partial charge >= 0.3 is 0 Å². The number of aromatic nitrogens is 4. The molecule has 0 aromatic carbocycles. The second-order valence-electron chi connectivity index (χ2n) is 2.17. The van der Waals surface area contributed by atoms with Gasteiger partial charge in [-0.25, -0.2) is 19.9 Å². The van der Waals surface area contributed by atoms with Crippen LogP contribution in [-0.2, 0) is 0 Å². The van der Waals surface area contributed by atoms with E-state index in [1.807, 2.05) is 0 Å². The van der Waals surface area contributed by atoms with Crippen LogP contribution in [0.25, 0.3) is 0 Å². The fourth-order valence-corrected chi connectivity index (χ4v) is 0.994. The number of hydrogen-bond acceptors (Lipinski definition) is 4. The fraction of sp³-hybridized carbons (Fsp3) is 0. The zero-order valence-corrected chi connectivity index (χ0v) is 9.58. The summed E-state index contributed by atoms with van der Waals surface area (Å²) in [7, 11) is 0. The molecule has 0 saturated heterocycles. The van der Waals surface area contributed by atoms with Crippen molar-refractivity contribution < 1.29 is 0 Å². The summed E-state index contributed by atoms with van der Waals surface area (Å²) in [4.78, 5) is 14.5. The molecule has 0 aliphatic carbocycles. The Morgan fingerprint density at radius 2 is 1.33 bits per heavy atom. The first-order valence-electron chi connectivity index (χ1n) is 3.73. The van der Waals surface area contributed by atoms with E-state index in [0.29, 0.717) is 0 Å². The summed E-state index contributed by atoms with van der Waals surface area (Å²) < 4.78 is 0. The molecule has 0 bridgehead atoms. The summed E-state index contributed by atoms with van der Waals surface area (Å²) in [6.07, 6.45) is 6.12. The van der Waals surface area contributed by atoms with Gasteiger partial charge in [-0.05, 0) is 6.07 Å². The lowest BCUT2D eigenvalue weighted by Gasteiger charge is -1.92. The van der Waals surface area contributed by atoms with Gasteiger partial charge in [-0.3, -0.25) is 0 Å². The molecule has 2 rings (SSSR count). The van der Waals surface area contributed by atoms with Crippen molar-refractivity contribution in [3.8, 4) is 0 Å². The molecule has 0 aliphatic rings. The van der Waals surface area contributed by atoms with Crippen LogP contribution in [0, 0.1) is 0 Å². The van der Waals surface area contributed by atoms with Gasteiger partial charge in [-0.1, -0.05) is 34.8 Å². The van der Waals surface area contributed by atoms with Gasteiger partial charge in [0.25, 0.3) is 0 Å². The molecular weight excluding hydrogens is 258 g/mol. The quantitative estimate of drug-likeness (QED) is 0.686. The van der Waals surface area contributed by atoms with Crippen molar-refractivity contribution >= 4 is 34.8 Å². The highest BCUT2D eigenvalue weighted by Gasteiger charge is 2.02. The zero-order valence-electron chi connectivity index (χ0n) is 7.31. The second-order valence-corrected chi connectivity index (χ2v) is 3.27. The normalized spacial score (nSPS) is 9.00. The van der Waals surface area contributed by atoms with Crippen LogP contribution in [0.4, 0.5) is 0 Å². The fourth-order valence-electron chi connectivity index (χ4n) is 0.582. The first kappa shape index (κ1) is 12.1. The average molecular weight is 264 g/mol. The molecule has 7 heteroatoms. The molecule has 0 N–H and O–H groups in total. The highest BCUT2D eigenvalue weighted by Crippen LogP contribution is 2.24. The Labute approximate surface area is 101 Å². The molecular formula is C8H5Cl3N4. The van der Waals surface area contributed by atoms with Crippen molar-refractivity contribution in [3.05, 3.63) is 46.4 Å². The van der Waals surface area contributed by atoms with Gasteiger partial charge in [0.05, 0.1) is 0 Å². The van der Waals surface area contributed by atoms with E-state index in [0.717, 1.165) is 0 Å². The zero-order chi connectivity index (χ0) is 11.1. The molecule has 2 aromatic heterocycles. The third-order valence-corrected chi connectivity index (χ3v) is 2.31. The SMILES string of the molecule is Clc1ncnc(Cl)c1Cl.c1cncnc1. The predicted octanol–water partition coefficient (Wildman–Crippen LogP) is 2.91. The standard InChI is InChI=1S/C4HCl3N2.C4H4N2/c5-2-3(6)8-1-9-4(2)7;1-2-5-4-6-3-1/h1H;1-4H. The molecule has 0 saturated carbocycles. The van der Waals surface area contributed by atoms with Crippen molar-refractivity contribution in [2.24, 2.45) is 0 Å². The Bertz CT molecular complexity index is 363. The summed E-state index contributed by atoms with van der Waals surface area (Å²) in [5, 5.41) is 0.550. The van der Waals surface area contributed by atoms with Gasteiger partial charge < -0.3 is 0 Å². The van der Waals surface area contributed by atoms with Gasteiger partial charge in [0, 0.05) is 12.4 Å². The number of rotatable bonds is 0. The average Bonchev–Trinajstić information content (AvgIpc) is 2.29. The van der Waals surface area contributed by atoms with Crippen molar-refractivity contribution in [1.29, 1.82) is 0 Å². The van der Waals surface area contributed by atoms with Crippen molar-refractivity contribution in [1.82, 2.24) is 19.9 Å². The first-order chi connectivity index (χ1) is 7.22. The second kappa shape index (κ2) is 6.50. The van der Waals surface area contributed by atoms with Crippen molar-refractivity contribution in [2.75, 3.05) is 0 Å². The van der Waals surface area contributed by atoms with E-state index in [1.54, 1.807) is 18.5 Å². The van der Waals surface area contributed by atoms with Gasteiger partial charge in [-0.2, -0.15) is 0 Å². The van der Waals surface area contributed by atoms with Crippen molar-refractivity contribution in [3.63, 3.8) is 0 Å². The van der Waals surface area contributed by atoms with Crippen LogP contribution in [0.5, 0.6) is 0 Å². The molecule has 78 valence electrons. The van der Waals surface area contributed by atoms with Crippen LogP contribution < -0.4 is 0 Å². The molecule has 0 spiro atoms. The summed E-state index contributed by atoms with van der Waals surface area (Å²) in [5.74, 6) is 0. The molecule has 0 atom stereocenters. The first-order valence-corrected chi connectivity index (χ1v) is 4.86. The van der Waals surface area contributed by atoms with Gasteiger partial charge in [0.1, 0.15) is 17.7 Å². The molecule has 15 heavy (non-hydrogen) atoms. The van der Waals surface area contributed by atoms with E-state index < -0.39 is 0 Å². The van der Waals surface area contributed by atoms with Crippen LogP contribution >= 0.6 is 34.8 Å². The third-order valence-electron chi connectivity index (χ3n) is 1.18. The van der Waals surface area contributed by atoms with E-state index in [9.17, 15) is 0 Å². The Kier molecular flexibility index (Phi) is 5.25. The van der Waals surface area contributed by atoms with E-state index in [4.69, 9.17) is 34.8 Å².